The van der Waals surface area contributed by atoms with Crippen molar-refractivity contribution in [1.82, 2.24) is 24.1 Å². The van der Waals surface area contributed by atoms with E-state index in [9.17, 15) is 9.59 Å². The second kappa shape index (κ2) is 5.41. The van der Waals surface area contributed by atoms with Gasteiger partial charge in [0.05, 0.1) is 6.20 Å². The van der Waals surface area contributed by atoms with Gasteiger partial charge in [-0.25, -0.2) is 14.3 Å². The van der Waals surface area contributed by atoms with E-state index in [1.165, 1.54) is 16.8 Å². The van der Waals surface area contributed by atoms with Crippen LogP contribution in [0.1, 0.15) is 31.7 Å². The van der Waals surface area contributed by atoms with Crippen LogP contribution >= 0.6 is 15.9 Å². The molecular weight excluding hydrogens is 374 g/mol. The fourth-order valence-corrected chi connectivity index (χ4v) is 3.60. The number of rotatable bonds is 3. The fraction of sp³-hybridized carbons (Fsp3) is 0.375. The Morgan fingerprint density at radius 2 is 2.17 bits per heavy atom. The van der Waals surface area contributed by atoms with Gasteiger partial charge in [-0.1, -0.05) is 13.8 Å². The molecule has 124 valence electrons. The maximum atomic E-state index is 12.1. The first-order valence-electron chi connectivity index (χ1n) is 7.82. The van der Waals surface area contributed by atoms with E-state index >= 15 is 0 Å². The summed E-state index contributed by atoms with van der Waals surface area (Å²) in [7, 11) is 0. The average molecular weight is 390 g/mol. The first-order valence-corrected chi connectivity index (χ1v) is 8.61. The van der Waals surface area contributed by atoms with Crippen molar-refractivity contribution in [2.24, 2.45) is 11.8 Å². The molecule has 0 saturated heterocycles. The third kappa shape index (κ3) is 2.41. The quantitative estimate of drug-likeness (QED) is 0.742. The molecule has 1 saturated carbocycles. The van der Waals surface area contributed by atoms with Gasteiger partial charge in [-0.2, -0.15) is 0 Å². The molecule has 2 atom stereocenters. The first-order chi connectivity index (χ1) is 11.5. The van der Waals surface area contributed by atoms with Gasteiger partial charge in [0.15, 0.2) is 11.5 Å². The number of nitrogens with one attached hydrogen (secondary N) is 1. The number of fused-ring (bicyclic) bond motifs is 1. The zero-order chi connectivity index (χ0) is 17.0. The van der Waals surface area contributed by atoms with Gasteiger partial charge < -0.3 is 0 Å². The zero-order valence-corrected chi connectivity index (χ0v) is 14.8. The Morgan fingerprint density at radius 3 is 2.83 bits per heavy atom. The zero-order valence-electron chi connectivity index (χ0n) is 13.2. The number of aromatic nitrogens is 5. The van der Waals surface area contributed by atoms with Crippen LogP contribution in [0.5, 0.6) is 0 Å². The van der Waals surface area contributed by atoms with Crippen molar-refractivity contribution in [2.75, 3.05) is 0 Å². The first kappa shape index (κ1) is 15.3. The fourth-order valence-electron chi connectivity index (χ4n) is 3.25. The van der Waals surface area contributed by atoms with Crippen LogP contribution in [-0.2, 0) is 0 Å². The van der Waals surface area contributed by atoms with Crippen molar-refractivity contribution in [3.63, 3.8) is 0 Å². The number of hydrogen-bond acceptors (Lipinski definition) is 4. The summed E-state index contributed by atoms with van der Waals surface area (Å²) in [6.07, 6.45) is 4.26. The van der Waals surface area contributed by atoms with Crippen molar-refractivity contribution in [2.45, 2.75) is 26.2 Å². The minimum atomic E-state index is -0.507. The average Bonchev–Trinajstić information content (AvgIpc) is 3.25. The van der Waals surface area contributed by atoms with E-state index in [2.05, 4.69) is 44.8 Å². The van der Waals surface area contributed by atoms with Crippen LogP contribution < -0.4 is 11.2 Å². The molecule has 0 aliphatic heterocycles. The summed E-state index contributed by atoms with van der Waals surface area (Å²) in [5.41, 5.74) is 0.954. The van der Waals surface area contributed by atoms with Crippen LogP contribution in [-0.4, -0.2) is 24.1 Å². The van der Waals surface area contributed by atoms with Gasteiger partial charge in [0.2, 0.25) is 0 Å². The number of imidazole rings is 1. The van der Waals surface area contributed by atoms with Gasteiger partial charge in [0, 0.05) is 17.8 Å². The molecule has 3 aromatic heterocycles. The summed E-state index contributed by atoms with van der Waals surface area (Å²) < 4.78 is 3.75. The molecule has 0 amide bonds. The number of H-pyrrole nitrogens is 1. The lowest BCUT2D eigenvalue weighted by Crippen LogP contribution is -2.28. The van der Waals surface area contributed by atoms with Gasteiger partial charge in [-0.05, 0) is 46.2 Å². The Bertz CT molecular complexity index is 1050. The van der Waals surface area contributed by atoms with Crippen molar-refractivity contribution in [1.29, 1.82) is 0 Å². The predicted molar refractivity (Wildman–Crippen MR) is 92.6 cm³/mol. The van der Waals surface area contributed by atoms with Crippen molar-refractivity contribution < 1.29 is 0 Å². The van der Waals surface area contributed by atoms with E-state index in [-0.39, 0.29) is 0 Å². The van der Waals surface area contributed by atoms with E-state index < -0.39 is 11.2 Å². The molecular formula is C16H16BrN5O2. The standard InChI is InChI=1S/C16H16BrN5O2/c1-8(2)9-5-10(9)11-6-13(20-22-12(17)7-18-15(11)22)21-4-3-14(23)19-16(21)24/h3-4,6-10H,5H2,1-2H3,(H,19,23,24)/t9-,10+/m1/s1. The van der Waals surface area contributed by atoms with Crippen LogP contribution in [0.2, 0.25) is 0 Å². The van der Waals surface area contributed by atoms with E-state index in [4.69, 9.17) is 0 Å². The topological polar surface area (TPSA) is 85.0 Å². The largest absolute Gasteiger partial charge is 0.334 e. The normalized spacial score (nSPS) is 20.0. The molecule has 0 bridgehead atoms. The molecule has 1 aliphatic carbocycles. The second-order valence-corrected chi connectivity index (χ2v) is 7.32. The third-order valence-electron chi connectivity index (χ3n) is 4.61. The molecule has 7 nitrogen and oxygen atoms in total. The molecule has 4 rings (SSSR count). The molecule has 3 heterocycles. The van der Waals surface area contributed by atoms with Crippen LogP contribution in [0.25, 0.3) is 11.5 Å². The highest BCUT2D eigenvalue weighted by molar-refractivity contribution is 9.10. The lowest BCUT2D eigenvalue weighted by Gasteiger charge is -2.10. The second-order valence-electron chi connectivity index (χ2n) is 6.50. The van der Waals surface area contributed by atoms with Gasteiger partial charge in [-0.3, -0.25) is 14.3 Å². The van der Waals surface area contributed by atoms with E-state index in [1.807, 2.05) is 6.07 Å². The van der Waals surface area contributed by atoms with Crippen LogP contribution in [0, 0.1) is 11.8 Å². The summed E-state index contributed by atoms with van der Waals surface area (Å²) in [4.78, 5) is 30.1. The van der Waals surface area contributed by atoms with E-state index in [0.29, 0.717) is 23.6 Å². The molecule has 1 fully saturated rings. The Labute approximate surface area is 145 Å². The van der Waals surface area contributed by atoms with Crippen LogP contribution in [0.3, 0.4) is 0 Å². The smallest absolute Gasteiger partial charge is 0.274 e. The molecule has 0 radical (unpaired) electrons. The highest BCUT2D eigenvalue weighted by Crippen LogP contribution is 2.52. The minimum absolute atomic E-state index is 0.419. The van der Waals surface area contributed by atoms with Gasteiger partial charge in [-0.15, -0.1) is 5.10 Å². The molecule has 1 N–H and O–H groups in total. The van der Waals surface area contributed by atoms with Crippen molar-refractivity contribution >= 4 is 21.6 Å². The van der Waals surface area contributed by atoms with Crippen molar-refractivity contribution in [3.8, 4) is 5.82 Å². The molecule has 24 heavy (non-hydrogen) atoms. The molecule has 0 unspecified atom stereocenters. The summed E-state index contributed by atoms with van der Waals surface area (Å²) in [5, 5.41) is 4.48. The lowest BCUT2D eigenvalue weighted by atomic mass is 10.0. The highest BCUT2D eigenvalue weighted by atomic mass is 79.9. The molecule has 0 aromatic carbocycles. The van der Waals surface area contributed by atoms with Gasteiger partial charge in [0.25, 0.3) is 5.56 Å². The summed E-state index contributed by atoms with van der Waals surface area (Å²) >= 11 is 3.44. The number of aromatic amines is 1. The summed E-state index contributed by atoms with van der Waals surface area (Å²) in [5.74, 6) is 2.10. The Balaban J connectivity index is 1.93. The van der Waals surface area contributed by atoms with E-state index in [0.717, 1.165) is 22.2 Å². The Kier molecular flexibility index (Phi) is 3.45. The third-order valence-corrected chi connectivity index (χ3v) is 5.15. The molecule has 1 aliphatic rings. The van der Waals surface area contributed by atoms with Crippen LogP contribution in [0.4, 0.5) is 0 Å². The van der Waals surface area contributed by atoms with Crippen molar-refractivity contribution in [3.05, 3.63) is 55.5 Å². The monoisotopic (exact) mass is 389 g/mol. The molecule has 3 aromatic rings. The number of halogens is 1. The lowest BCUT2D eigenvalue weighted by molar-refractivity contribution is 0.548. The highest BCUT2D eigenvalue weighted by Gasteiger charge is 2.42. The Hall–Kier alpha value is -2.22. The molecule has 8 heteroatoms. The van der Waals surface area contributed by atoms with Crippen LogP contribution in [0.15, 0.2) is 38.7 Å². The number of hydrogen-bond donors (Lipinski definition) is 1. The minimum Gasteiger partial charge on any atom is -0.274 e. The predicted octanol–water partition coefficient (Wildman–Crippen LogP) is 2.09. The SMILES string of the molecule is CC(C)[C@H]1C[C@@H]1c1cc(-n2ccc(=O)[nH]c2=O)nn2c(Br)cnc12. The van der Waals surface area contributed by atoms with E-state index in [1.54, 1.807) is 10.7 Å². The summed E-state index contributed by atoms with van der Waals surface area (Å²) in [6, 6.07) is 3.21. The Morgan fingerprint density at radius 1 is 1.38 bits per heavy atom. The maximum absolute atomic E-state index is 12.1. The van der Waals surface area contributed by atoms with Gasteiger partial charge >= 0.3 is 5.69 Å². The summed E-state index contributed by atoms with van der Waals surface area (Å²) in [6.45, 7) is 4.44. The number of nitrogens with zero attached hydrogens (tertiary/aromatic N) is 4. The molecule has 0 spiro atoms. The maximum Gasteiger partial charge on any atom is 0.334 e. The van der Waals surface area contributed by atoms with Gasteiger partial charge in [0.1, 0.15) is 4.60 Å².